The second-order valence-corrected chi connectivity index (χ2v) is 13.8. The number of rotatable bonds is 8. The molecule has 4 saturated carbocycles. The van der Waals surface area contributed by atoms with Crippen molar-refractivity contribution in [2.45, 2.75) is 45.1 Å². The third kappa shape index (κ3) is 5.84. The second-order valence-electron chi connectivity index (χ2n) is 13.8. The van der Waals surface area contributed by atoms with Crippen molar-refractivity contribution < 1.29 is 14.6 Å². The molecule has 4 bridgehead atoms. The average Bonchev–Trinajstić information content (AvgIpc) is 3.00. The summed E-state index contributed by atoms with van der Waals surface area (Å²) in [4.78, 5) is 24.4. The van der Waals surface area contributed by atoms with Crippen molar-refractivity contribution in [2.24, 2.45) is 23.2 Å². The summed E-state index contributed by atoms with van der Waals surface area (Å²) in [5.74, 6) is 3.88. The van der Waals surface area contributed by atoms with E-state index in [4.69, 9.17) is 4.74 Å². The molecule has 2 aromatic carbocycles. The van der Waals surface area contributed by atoms with Gasteiger partial charge in [-0.05, 0) is 104 Å². The number of aromatic hydroxyl groups is 1. The van der Waals surface area contributed by atoms with E-state index in [-0.39, 0.29) is 11.7 Å². The van der Waals surface area contributed by atoms with Crippen LogP contribution in [0.2, 0.25) is 0 Å². The second kappa shape index (κ2) is 11.5. The Labute approximate surface area is 255 Å². The molecule has 1 aromatic heterocycles. The van der Waals surface area contributed by atoms with Crippen molar-refractivity contribution in [3.8, 4) is 22.6 Å². The van der Waals surface area contributed by atoms with E-state index in [0.717, 1.165) is 85.0 Å². The average molecular weight is 581 g/mol. The quantitative estimate of drug-likeness (QED) is 0.349. The van der Waals surface area contributed by atoms with Gasteiger partial charge >= 0.3 is 0 Å². The summed E-state index contributed by atoms with van der Waals surface area (Å²) in [6, 6.07) is 16.2. The lowest BCUT2D eigenvalue weighted by Crippen LogP contribution is -2.51. The van der Waals surface area contributed by atoms with E-state index in [0.29, 0.717) is 5.41 Å². The van der Waals surface area contributed by atoms with Crippen LogP contribution in [-0.4, -0.2) is 72.7 Å². The minimum atomic E-state index is 0.152. The van der Waals surface area contributed by atoms with Gasteiger partial charge in [-0.25, -0.2) is 0 Å². The predicted octanol–water partition coefficient (Wildman–Crippen LogP) is 6.07. The molecule has 1 aliphatic heterocycles. The van der Waals surface area contributed by atoms with Crippen molar-refractivity contribution >= 4 is 11.6 Å². The summed E-state index contributed by atoms with van der Waals surface area (Å²) in [7, 11) is 3.72. The number of methoxy groups -OCH3 is 1. The zero-order chi connectivity index (χ0) is 29.6. The minimum Gasteiger partial charge on any atom is -0.506 e. The first kappa shape index (κ1) is 28.2. The number of amides is 1. The van der Waals surface area contributed by atoms with E-state index >= 15 is 0 Å². The normalized spacial score (nSPS) is 26.5. The number of aromatic nitrogens is 1. The van der Waals surface area contributed by atoms with E-state index in [1.165, 1.54) is 50.4 Å². The van der Waals surface area contributed by atoms with Gasteiger partial charge in [-0.3, -0.25) is 14.7 Å². The van der Waals surface area contributed by atoms with Gasteiger partial charge < -0.3 is 19.6 Å². The summed E-state index contributed by atoms with van der Waals surface area (Å²) in [6.07, 6.45) is 11.5. The molecule has 1 amide bonds. The fourth-order valence-corrected chi connectivity index (χ4v) is 9.14. The van der Waals surface area contributed by atoms with Crippen molar-refractivity contribution in [3.05, 3.63) is 72.1 Å². The molecule has 5 fully saturated rings. The molecule has 0 atom stereocenters. The van der Waals surface area contributed by atoms with Crippen LogP contribution in [0.25, 0.3) is 11.1 Å². The van der Waals surface area contributed by atoms with Crippen LogP contribution >= 0.6 is 0 Å². The van der Waals surface area contributed by atoms with Crippen LogP contribution in [0.5, 0.6) is 11.5 Å². The molecule has 1 saturated heterocycles. The van der Waals surface area contributed by atoms with Gasteiger partial charge in [0.1, 0.15) is 11.5 Å². The van der Waals surface area contributed by atoms with Crippen LogP contribution in [0.3, 0.4) is 0 Å². The van der Waals surface area contributed by atoms with Crippen LogP contribution in [0.1, 0.15) is 54.4 Å². The SMILES string of the molecule is COc1cc(-c2cncc(O)c2)ccc1CN1CCN(c2ccc(C(=O)N(C)CC34CC5CC(CC(C5)C3)C4)cc2)CC1. The molecule has 226 valence electrons. The Morgan fingerprint density at radius 3 is 2.23 bits per heavy atom. The maximum atomic E-state index is 13.4. The first-order chi connectivity index (χ1) is 20.9. The number of carbonyl (C=O) groups excluding carboxylic acids is 1. The Bertz CT molecular complexity index is 1430. The molecule has 3 aromatic rings. The number of anilines is 1. The zero-order valence-electron chi connectivity index (χ0n) is 25.5. The Morgan fingerprint density at radius 2 is 1.60 bits per heavy atom. The van der Waals surface area contributed by atoms with E-state index in [9.17, 15) is 9.90 Å². The molecule has 43 heavy (non-hydrogen) atoms. The first-order valence-electron chi connectivity index (χ1n) is 16.0. The molecule has 5 aliphatic rings. The molecule has 0 radical (unpaired) electrons. The monoisotopic (exact) mass is 580 g/mol. The number of ether oxygens (including phenoxy) is 1. The van der Waals surface area contributed by atoms with Gasteiger partial charge in [0.2, 0.25) is 0 Å². The molecule has 0 spiro atoms. The van der Waals surface area contributed by atoms with E-state index in [2.05, 4.69) is 39.0 Å². The van der Waals surface area contributed by atoms with Crippen molar-refractivity contribution in [2.75, 3.05) is 51.8 Å². The molecule has 0 unspecified atom stereocenters. The van der Waals surface area contributed by atoms with Gasteiger partial charge in [0.15, 0.2) is 0 Å². The van der Waals surface area contributed by atoms with Gasteiger partial charge in [-0.2, -0.15) is 0 Å². The smallest absolute Gasteiger partial charge is 0.253 e. The molecular weight excluding hydrogens is 536 g/mol. The lowest BCUT2D eigenvalue weighted by atomic mass is 9.49. The van der Waals surface area contributed by atoms with Crippen LogP contribution in [-0.2, 0) is 6.54 Å². The molecule has 4 aliphatic carbocycles. The minimum absolute atomic E-state index is 0.152. The summed E-state index contributed by atoms with van der Waals surface area (Å²) in [6.45, 7) is 5.52. The molecule has 8 rings (SSSR count). The van der Waals surface area contributed by atoms with Crippen LogP contribution < -0.4 is 9.64 Å². The van der Waals surface area contributed by atoms with Crippen LogP contribution in [0.15, 0.2) is 60.9 Å². The highest BCUT2D eigenvalue weighted by molar-refractivity contribution is 5.94. The predicted molar refractivity (Wildman–Crippen MR) is 169 cm³/mol. The highest BCUT2D eigenvalue weighted by Crippen LogP contribution is 2.60. The maximum Gasteiger partial charge on any atom is 0.253 e. The zero-order valence-corrected chi connectivity index (χ0v) is 25.5. The van der Waals surface area contributed by atoms with E-state index < -0.39 is 0 Å². The summed E-state index contributed by atoms with van der Waals surface area (Å²) < 4.78 is 5.73. The third-order valence-corrected chi connectivity index (χ3v) is 10.7. The molecular formula is C36H44N4O3. The number of carbonyl (C=O) groups is 1. The molecule has 7 nitrogen and oxygen atoms in total. The van der Waals surface area contributed by atoms with Crippen LogP contribution in [0, 0.1) is 23.2 Å². The van der Waals surface area contributed by atoms with Gasteiger partial charge in [0.05, 0.1) is 13.3 Å². The van der Waals surface area contributed by atoms with Crippen molar-refractivity contribution in [1.29, 1.82) is 0 Å². The van der Waals surface area contributed by atoms with E-state index in [1.54, 1.807) is 19.4 Å². The lowest BCUT2D eigenvalue weighted by Gasteiger charge is -2.57. The van der Waals surface area contributed by atoms with Gasteiger partial charge in [0.25, 0.3) is 5.91 Å². The standard InChI is InChI=1S/C36H44N4O3/c1-38(24-36-18-25-13-26(19-36)15-27(14-25)20-36)35(42)28-5-7-32(8-6-28)40-11-9-39(10-12-40)23-30-4-3-29(17-34(30)43-2)31-16-33(41)22-37-21-31/h3-8,16-17,21-22,25-27,41H,9-15,18-20,23-24H2,1-2H3. The number of pyridine rings is 1. The maximum absolute atomic E-state index is 13.4. The van der Waals surface area contributed by atoms with Gasteiger partial charge in [0, 0.05) is 74.9 Å². The van der Waals surface area contributed by atoms with Gasteiger partial charge in [-0.1, -0.05) is 12.1 Å². The number of hydrogen-bond acceptors (Lipinski definition) is 6. The van der Waals surface area contributed by atoms with Crippen molar-refractivity contribution in [1.82, 2.24) is 14.8 Å². The molecule has 1 N–H and O–H groups in total. The first-order valence-corrected chi connectivity index (χ1v) is 16.0. The highest BCUT2D eigenvalue weighted by atomic mass is 16.5. The third-order valence-electron chi connectivity index (χ3n) is 10.7. The highest BCUT2D eigenvalue weighted by Gasteiger charge is 2.51. The number of hydrogen-bond donors (Lipinski definition) is 1. The molecule has 2 heterocycles. The number of piperazine rings is 1. The Balaban J connectivity index is 0.933. The summed E-state index contributed by atoms with van der Waals surface area (Å²) in [5, 5.41) is 9.80. The lowest BCUT2D eigenvalue weighted by molar-refractivity contribution is -0.0629. The topological polar surface area (TPSA) is 69.1 Å². The van der Waals surface area contributed by atoms with Crippen molar-refractivity contribution in [3.63, 3.8) is 0 Å². The Morgan fingerprint density at radius 1 is 0.930 bits per heavy atom. The van der Waals surface area contributed by atoms with E-state index in [1.807, 2.05) is 30.1 Å². The van der Waals surface area contributed by atoms with Gasteiger partial charge in [-0.15, -0.1) is 0 Å². The Kier molecular flexibility index (Phi) is 7.54. The van der Waals surface area contributed by atoms with Crippen LogP contribution in [0.4, 0.5) is 5.69 Å². The fraction of sp³-hybridized carbons (Fsp3) is 0.500. The summed E-state index contributed by atoms with van der Waals surface area (Å²) >= 11 is 0. The Hall–Kier alpha value is -3.58. The molecule has 7 heteroatoms. The summed E-state index contributed by atoms with van der Waals surface area (Å²) in [5.41, 5.74) is 5.32. The fourth-order valence-electron chi connectivity index (χ4n) is 9.14. The largest absolute Gasteiger partial charge is 0.506 e. The number of nitrogens with zero attached hydrogens (tertiary/aromatic N) is 4. The number of benzene rings is 2.